The molecule has 0 bridgehead atoms. The summed E-state index contributed by atoms with van der Waals surface area (Å²) in [6, 6.07) is 0. The fourth-order valence-electron chi connectivity index (χ4n) is 0.749. The highest BCUT2D eigenvalue weighted by molar-refractivity contribution is 5.07. The minimum atomic E-state index is -6.61. The predicted molar refractivity (Wildman–Crippen MR) is 49.5 cm³/mol. The molecular formula is C9H14F10. The lowest BCUT2D eigenvalue weighted by Crippen LogP contribution is -2.66. The van der Waals surface area contributed by atoms with Crippen molar-refractivity contribution in [3.63, 3.8) is 0 Å². The van der Waals surface area contributed by atoms with Gasteiger partial charge in [-0.25, -0.2) is 4.39 Å². The molecule has 0 N–H and O–H groups in total. The summed E-state index contributed by atoms with van der Waals surface area (Å²) in [5, 5.41) is 0. The first-order chi connectivity index (χ1) is 7.00. The molecule has 0 saturated heterocycles. The second-order valence-corrected chi connectivity index (χ2v) is 3.54. The fourth-order valence-corrected chi connectivity index (χ4v) is 0.749. The molecule has 19 heavy (non-hydrogen) atoms. The number of hydrogen-bond donors (Lipinski definition) is 0. The Bertz CT molecular complexity index is 254. The number of rotatable bonds is 3. The standard InChI is InChI=1S/C7H6F10.2CH4/c1-3(8,7(15,16)17)5(11,12)6(13,14)4(2,9)10;;/h1-2H3;2*1H4. The lowest BCUT2D eigenvalue weighted by molar-refractivity contribution is -0.382. The third-order valence-corrected chi connectivity index (χ3v) is 2.07. The molecule has 0 aromatic rings. The summed E-state index contributed by atoms with van der Waals surface area (Å²) in [6.45, 7) is -1.65. The van der Waals surface area contributed by atoms with Crippen molar-refractivity contribution in [1.82, 2.24) is 0 Å². The van der Waals surface area contributed by atoms with Crippen LogP contribution in [0.1, 0.15) is 28.7 Å². The van der Waals surface area contributed by atoms with Crippen LogP contribution in [-0.4, -0.2) is 29.6 Å². The van der Waals surface area contributed by atoms with E-state index >= 15 is 0 Å². The van der Waals surface area contributed by atoms with Crippen LogP contribution in [0.25, 0.3) is 0 Å². The van der Waals surface area contributed by atoms with Gasteiger partial charge in [0.25, 0.3) is 5.67 Å². The van der Waals surface area contributed by atoms with Crippen molar-refractivity contribution in [3.8, 4) is 0 Å². The van der Waals surface area contributed by atoms with Crippen LogP contribution >= 0.6 is 0 Å². The molecule has 0 aromatic carbocycles. The van der Waals surface area contributed by atoms with E-state index in [0.29, 0.717) is 0 Å². The van der Waals surface area contributed by atoms with Crippen LogP contribution in [0.2, 0.25) is 0 Å². The molecule has 0 rings (SSSR count). The van der Waals surface area contributed by atoms with Gasteiger partial charge in [0, 0.05) is 6.92 Å². The van der Waals surface area contributed by atoms with E-state index in [-0.39, 0.29) is 14.9 Å². The third-order valence-electron chi connectivity index (χ3n) is 2.07. The van der Waals surface area contributed by atoms with E-state index in [9.17, 15) is 43.9 Å². The lowest BCUT2D eigenvalue weighted by atomic mass is 9.90. The van der Waals surface area contributed by atoms with E-state index in [2.05, 4.69) is 0 Å². The molecule has 0 aliphatic carbocycles. The number of hydrogen-bond acceptors (Lipinski definition) is 0. The molecular weight excluding hydrogens is 298 g/mol. The Labute approximate surface area is 103 Å². The summed E-state index contributed by atoms with van der Waals surface area (Å²) < 4.78 is 123. The van der Waals surface area contributed by atoms with Gasteiger partial charge in [-0.1, -0.05) is 14.9 Å². The first-order valence-electron chi connectivity index (χ1n) is 3.89. The molecule has 1 unspecified atom stereocenters. The van der Waals surface area contributed by atoms with Crippen molar-refractivity contribution >= 4 is 0 Å². The zero-order chi connectivity index (χ0) is 14.5. The maximum absolute atomic E-state index is 12.7. The normalized spacial score (nSPS) is 17.1. The van der Waals surface area contributed by atoms with E-state index in [1.807, 2.05) is 0 Å². The molecule has 0 fully saturated rings. The van der Waals surface area contributed by atoms with Gasteiger partial charge in [0.05, 0.1) is 0 Å². The second-order valence-electron chi connectivity index (χ2n) is 3.54. The van der Waals surface area contributed by atoms with Gasteiger partial charge in [0.2, 0.25) is 0 Å². The van der Waals surface area contributed by atoms with Crippen molar-refractivity contribution in [3.05, 3.63) is 0 Å². The molecule has 0 spiro atoms. The van der Waals surface area contributed by atoms with E-state index in [4.69, 9.17) is 0 Å². The quantitative estimate of drug-likeness (QED) is 0.606. The minimum Gasteiger partial charge on any atom is -0.227 e. The summed E-state index contributed by atoms with van der Waals surface area (Å²) in [6.07, 6.45) is -6.43. The molecule has 0 saturated carbocycles. The molecule has 1 atom stereocenters. The Morgan fingerprint density at radius 3 is 0.947 bits per heavy atom. The van der Waals surface area contributed by atoms with Gasteiger partial charge in [-0.05, 0) is 6.92 Å². The fraction of sp³-hybridized carbons (Fsp3) is 1.00. The zero-order valence-corrected chi connectivity index (χ0v) is 8.28. The van der Waals surface area contributed by atoms with Gasteiger partial charge < -0.3 is 0 Å². The van der Waals surface area contributed by atoms with Crippen LogP contribution < -0.4 is 0 Å². The Morgan fingerprint density at radius 1 is 0.526 bits per heavy atom. The van der Waals surface area contributed by atoms with Gasteiger partial charge in [-0.3, -0.25) is 0 Å². The van der Waals surface area contributed by atoms with Gasteiger partial charge in [0.15, 0.2) is 0 Å². The molecule has 10 heteroatoms. The van der Waals surface area contributed by atoms with Crippen molar-refractivity contribution in [2.24, 2.45) is 0 Å². The van der Waals surface area contributed by atoms with Gasteiger partial charge in [-0.15, -0.1) is 0 Å². The van der Waals surface area contributed by atoms with E-state index in [1.54, 1.807) is 0 Å². The highest BCUT2D eigenvalue weighted by Gasteiger charge is 2.82. The Hall–Kier alpha value is -0.700. The molecule has 0 amide bonds. The van der Waals surface area contributed by atoms with Crippen LogP contribution in [0.15, 0.2) is 0 Å². The maximum atomic E-state index is 12.7. The molecule has 0 heterocycles. The smallest absolute Gasteiger partial charge is 0.227 e. The Balaban J connectivity index is -0.00000128. The van der Waals surface area contributed by atoms with Gasteiger partial charge >= 0.3 is 23.9 Å². The van der Waals surface area contributed by atoms with Crippen LogP contribution in [0.4, 0.5) is 43.9 Å². The average molecular weight is 312 g/mol. The lowest BCUT2D eigenvalue weighted by Gasteiger charge is -2.38. The van der Waals surface area contributed by atoms with Crippen molar-refractivity contribution in [1.29, 1.82) is 0 Å². The molecule has 0 radical (unpaired) electrons. The monoisotopic (exact) mass is 312 g/mol. The van der Waals surface area contributed by atoms with Gasteiger partial charge in [0.1, 0.15) is 0 Å². The summed E-state index contributed by atoms with van der Waals surface area (Å²) in [4.78, 5) is 0. The van der Waals surface area contributed by atoms with Crippen LogP contribution in [0.3, 0.4) is 0 Å². The van der Waals surface area contributed by atoms with E-state index in [1.165, 1.54) is 0 Å². The van der Waals surface area contributed by atoms with Crippen molar-refractivity contribution < 1.29 is 43.9 Å². The third kappa shape index (κ3) is 3.25. The van der Waals surface area contributed by atoms with Crippen LogP contribution in [-0.2, 0) is 0 Å². The van der Waals surface area contributed by atoms with E-state index in [0.717, 1.165) is 0 Å². The Kier molecular flexibility index (Phi) is 6.59. The molecule has 0 aliphatic heterocycles. The summed E-state index contributed by atoms with van der Waals surface area (Å²) >= 11 is 0. The van der Waals surface area contributed by atoms with Crippen molar-refractivity contribution in [2.45, 2.75) is 58.3 Å². The second kappa shape index (κ2) is 5.35. The first-order valence-corrected chi connectivity index (χ1v) is 3.89. The molecule has 0 nitrogen and oxygen atoms in total. The minimum absolute atomic E-state index is 0. The van der Waals surface area contributed by atoms with Crippen molar-refractivity contribution in [2.75, 3.05) is 0 Å². The molecule has 120 valence electrons. The molecule has 0 aliphatic rings. The van der Waals surface area contributed by atoms with Gasteiger partial charge in [-0.2, -0.15) is 39.5 Å². The Morgan fingerprint density at radius 2 is 0.789 bits per heavy atom. The van der Waals surface area contributed by atoms with Crippen LogP contribution in [0, 0.1) is 0 Å². The highest BCUT2D eigenvalue weighted by atomic mass is 19.4. The topological polar surface area (TPSA) is 0 Å². The SMILES string of the molecule is C.C.CC(F)(F)C(F)(F)C(F)(F)C(C)(F)C(F)(F)F. The summed E-state index contributed by atoms with van der Waals surface area (Å²) in [5.74, 6) is -18.6. The highest BCUT2D eigenvalue weighted by Crippen LogP contribution is 2.56. The predicted octanol–water partition coefficient (Wildman–Crippen LogP) is 5.47. The summed E-state index contributed by atoms with van der Waals surface area (Å²) in [7, 11) is 0. The van der Waals surface area contributed by atoms with Crippen LogP contribution in [0.5, 0.6) is 0 Å². The van der Waals surface area contributed by atoms with E-state index < -0.39 is 43.5 Å². The number of halogens is 10. The first kappa shape index (κ1) is 23.4. The average Bonchev–Trinajstić information content (AvgIpc) is 1.98. The summed E-state index contributed by atoms with van der Waals surface area (Å²) in [5.41, 5.74) is -5.79. The maximum Gasteiger partial charge on any atom is 0.428 e. The largest absolute Gasteiger partial charge is 0.428 e. The number of alkyl halides is 10. The molecule has 0 aromatic heterocycles. The zero-order valence-electron chi connectivity index (χ0n) is 8.28.